The molecule has 0 aromatic carbocycles. The third-order valence-corrected chi connectivity index (χ3v) is 4.97. The molecule has 1 atom stereocenters. The van der Waals surface area contributed by atoms with E-state index in [1.807, 2.05) is 0 Å². The summed E-state index contributed by atoms with van der Waals surface area (Å²) in [5, 5.41) is 4.37. The largest absolute Gasteiger partial charge is 0.317 e. The van der Waals surface area contributed by atoms with Crippen molar-refractivity contribution < 1.29 is 0 Å². The van der Waals surface area contributed by atoms with Crippen LogP contribution in [0.1, 0.15) is 58.3 Å². The molecule has 0 aromatic heterocycles. The van der Waals surface area contributed by atoms with E-state index < -0.39 is 0 Å². The molecule has 1 unspecified atom stereocenters. The first kappa shape index (κ1) is 13.4. The second kappa shape index (κ2) is 8.46. The molecule has 1 N–H and O–H groups in total. The summed E-state index contributed by atoms with van der Waals surface area (Å²) >= 11 is 2.23. The second-order valence-electron chi connectivity index (χ2n) is 4.67. The lowest BCUT2D eigenvalue weighted by Crippen LogP contribution is -2.24. The van der Waals surface area contributed by atoms with Crippen molar-refractivity contribution in [3.8, 4) is 0 Å². The normalized spacial score (nSPS) is 20.4. The van der Waals surface area contributed by atoms with Crippen LogP contribution in [0.2, 0.25) is 0 Å². The minimum atomic E-state index is 0.747. The van der Waals surface area contributed by atoms with E-state index in [0.29, 0.717) is 0 Å². The van der Waals surface area contributed by atoms with E-state index in [2.05, 4.69) is 31.1 Å². The zero-order chi connectivity index (χ0) is 10.9. The molecule has 0 amide bonds. The molecule has 1 rings (SSSR count). The van der Waals surface area contributed by atoms with Crippen LogP contribution < -0.4 is 5.32 Å². The Balaban J connectivity index is 1.95. The first-order valence-electron chi connectivity index (χ1n) is 6.65. The van der Waals surface area contributed by atoms with Crippen LogP contribution in [0, 0.1) is 0 Å². The van der Waals surface area contributed by atoms with Gasteiger partial charge in [-0.05, 0) is 44.9 Å². The van der Waals surface area contributed by atoms with Crippen LogP contribution in [0.4, 0.5) is 0 Å². The fourth-order valence-electron chi connectivity index (χ4n) is 2.36. The molecule has 1 nitrogen and oxygen atoms in total. The number of rotatable bonds is 7. The highest BCUT2D eigenvalue weighted by atomic mass is 32.2. The van der Waals surface area contributed by atoms with Crippen molar-refractivity contribution in [2.75, 3.05) is 12.8 Å². The Labute approximate surface area is 99.8 Å². The topological polar surface area (TPSA) is 12.0 Å². The molecule has 1 saturated carbocycles. The minimum Gasteiger partial charge on any atom is -0.317 e. The van der Waals surface area contributed by atoms with Gasteiger partial charge in [0.1, 0.15) is 0 Å². The van der Waals surface area contributed by atoms with Crippen LogP contribution in [-0.2, 0) is 0 Å². The predicted octanol–water partition coefficient (Wildman–Crippen LogP) is 3.83. The molecule has 2 heteroatoms. The van der Waals surface area contributed by atoms with Crippen LogP contribution >= 0.6 is 11.8 Å². The highest BCUT2D eigenvalue weighted by Gasteiger charge is 2.13. The molecule has 0 saturated heterocycles. The van der Waals surface area contributed by atoms with Crippen molar-refractivity contribution in [3.63, 3.8) is 0 Å². The van der Waals surface area contributed by atoms with Crippen LogP contribution in [0.5, 0.6) is 0 Å². The SMILES string of the molecule is CCC(CCCSC1CCCCC1)NC. The first-order chi connectivity index (χ1) is 7.36. The van der Waals surface area contributed by atoms with Gasteiger partial charge in [-0.15, -0.1) is 0 Å². The van der Waals surface area contributed by atoms with E-state index in [0.717, 1.165) is 11.3 Å². The van der Waals surface area contributed by atoms with E-state index in [-0.39, 0.29) is 0 Å². The van der Waals surface area contributed by atoms with Crippen molar-refractivity contribution in [3.05, 3.63) is 0 Å². The summed E-state index contributed by atoms with van der Waals surface area (Å²) in [6.07, 6.45) is 11.4. The molecule has 90 valence electrons. The van der Waals surface area contributed by atoms with E-state index in [1.54, 1.807) is 0 Å². The zero-order valence-corrected chi connectivity index (χ0v) is 11.2. The van der Waals surface area contributed by atoms with Gasteiger partial charge in [-0.1, -0.05) is 26.2 Å². The van der Waals surface area contributed by atoms with Gasteiger partial charge in [-0.2, -0.15) is 11.8 Å². The lowest BCUT2D eigenvalue weighted by molar-refractivity contribution is 0.501. The number of hydrogen-bond acceptors (Lipinski definition) is 2. The molecule has 0 radical (unpaired) electrons. The average molecular weight is 229 g/mol. The van der Waals surface area contributed by atoms with Crippen molar-refractivity contribution in [2.24, 2.45) is 0 Å². The van der Waals surface area contributed by atoms with Crippen molar-refractivity contribution >= 4 is 11.8 Å². The highest BCUT2D eigenvalue weighted by Crippen LogP contribution is 2.28. The monoisotopic (exact) mass is 229 g/mol. The Hall–Kier alpha value is 0.310. The fourth-order valence-corrected chi connectivity index (χ4v) is 3.70. The third kappa shape index (κ3) is 5.82. The van der Waals surface area contributed by atoms with Gasteiger partial charge >= 0.3 is 0 Å². The molecule has 0 spiro atoms. The molecular formula is C13H27NS. The smallest absolute Gasteiger partial charge is 0.00617 e. The molecule has 1 aliphatic rings. The standard InChI is InChI=1S/C13H27NS/c1-3-12(14-2)8-7-11-15-13-9-5-4-6-10-13/h12-14H,3-11H2,1-2H3. The third-order valence-electron chi connectivity index (χ3n) is 3.50. The quantitative estimate of drug-likeness (QED) is 0.666. The van der Waals surface area contributed by atoms with Gasteiger partial charge in [-0.3, -0.25) is 0 Å². The first-order valence-corrected chi connectivity index (χ1v) is 7.70. The van der Waals surface area contributed by atoms with Gasteiger partial charge in [0.2, 0.25) is 0 Å². The van der Waals surface area contributed by atoms with Gasteiger partial charge in [0.05, 0.1) is 0 Å². The Morgan fingerprint density at radius 3 is 2.60 bits per heavy atom. The van der Waals surface area contributed by atoms with E-state index in [1.165, 1.54) is 57.1 Å². The highest BCUT2D eigenvalue weighted by molar-refractivity contribution is 7.99. The predicted molar refractivity (Wildman–Crippen MR) is 71.7 cm³/mol. The summed E-state index contributed by atoms with van der Waals surface area (Å²) in [5.74, 6) is 1.38. The Kier molecular flexibility index (Phi) is 7.54. The lowest BCUT2D eigenvalue weighted by atomic mass is 10.0. The van der Waals surface area contributed by atoms with Gasteiger partial charge in [-0.25, -0.2) is 0 Å². The lowest BCUT2D eigenvalue weighted by Gasteiger charge is -2.21. The van der Waals surface area contributed by atoms with Crippen molar-refractivity contribution in [1.82, 2.24) is 5.32 Å². The summed E-state index contributed by atoms with van der Waals surface area (Å²) in [5.41, 5.74) is 0. The number of nitrogens with one attached hydrogen (secondary N) is 1. The molecule has 1 fully saturated rings. The maximum Gasteiger partial charge on any atom is 0.00617 e. The van der Waals surface area contributed by atoms with Gasteiger partial charge in [0.15, 0.2) is 0 Å². The summed E-state index contributed by atoms with van der Waals surface area (Å²) in [6, 6.07) is 0.747. The Morgan fingerprint density at radius 2 is 2.00 bits per heavy atom. The van der Waals surface area contributed by atoms with Crippen LogP contribution in [0.25, 0.3) is 0 Å². The van der Waals surface area contributed by atoms with Gasteiger partial charge in [0.25, 0.3) is 0 Å². The van der Waals surface area contributed by atoms with Crippen LogP contribution in [0.15, 0.2) is 0 Å². The van der Waals surface area contributed by atoms with E-state index >= 15 is 0 Å². The molecular weight excluding hydrogens is 202 g/mol. The van der Waals surface area contributed by atoms with Gasteiger partial charge in [0, 0.05) is 11.3 Å². The molecule has 15 heavy (non-hydrogen) atoms. The maximum atomic E-state index is 3.38. The Bertz CT molecular complexity index is 139. The summed E-state index contributed by atoms with van der Waals surface area (Å²) in [6.45, 7) is 2.27. The van der Waals surface area contributed by atoms with E-state index in [4.69, 9.17) is 0 Å². The molecule has 0 aromatic rings. The summed E-state index contributed by atoms with van der Waals surface area (Å²) in [4.78, 5) is 0. The van der Waals surface area contributed by atoms with Crippen LogP contribution in [-0.4, -0.2) is 24.1 Å². The second-order valence-corrected chi connectivity index (χ2v) is 6.08. The van der Waals surface area contributed by atoms with Crippen molar-refractivity contribution in [1.29, 1.82) is 0 Å². The maximum absolute atomic E-state index is 3.38. The Morgan fingerprint density at radius 1 is 1.27 bits per heavy atom. The van der Waals surface area contributed by atoms with E-state index in [9.17, 15) is 0 Å². The summed E-state index contributed by atoms with van der Waals surface area (Å²) in [7, 11) is 2.09. The summed E-state index contributed by atoms with van der Waals surface area (Å²) < 4.78 is 0. The zero-order valence-electron chi connectivity index (χ0n) is 10.4. The number of thioether (sulfide) groups is 1. The number of hydrogen-bond donors (Lipinski definition) is 1. The molecule has 1 aliphatic carbocycles. The average Bonchev–Trinajstić information content (AvgIpc) is 2.31. The van der Waals surface area contributed by atoms with Crippen LogP contribution in [0.3, 0.4) is 0 Å². The van der Waals surface area contributed by atoms with Gasteiger partial charge < -0.3 is 5.32 Å². The fraction of sp³-hybridized carbons (Fsp3) is 1.00. The molecule has 0 heterocycles. The molecule has 0 aliphatic heterocycles. The van der Waals surface area contributed by atoms with Crippen molar-refractivity contribution in [2.45, 2.75) is 69.6 Å². The molecule has 0 bridgehead atoms. The minimum absolute atomic E-state index is 0.747.